The second-order valence-electron chi connectivity index (χ2n) is 8.35. The van der Waals surface area contributed by atoms with E-state index in [0.29, 0.717) is 28.7 Å². The largest absolute Gasteiger partial charge is 0.351 e. The molecule has 0 saturated carbocycles. The maximum absolute atomic E-state index is 13.4. The van der Waals surface area contributed by atoms with Crippen LogP contribution in [0.3, 0.4) is 0 Å². The number of pyridine rings is 1. The van der Waals surface area contributed by atoms with Gasteiger partial charge < -0.3 is 10.2 Å². The number of carbonyl (C=O) groups excluding carboxylic acids is 1. The van der Waals surface area contributed by atoms with Gasteiger partial charge >= 0.3 is 0 Å². The smallest absolute Gasteiger partial charge is 0.265 e. The molecule has 5 aromatic rings. The van der Waals surface area contributed by atoms with Gasteiger partial charge in [0.05, 0.1) is 16.5 Å². The molecule has 0 aliphatic heterocycles. The third-order valence-electron chi connectivity index (χ3n) is 5.83. The minimum Gasteiger partial charge on any atom is -0.351 e. The molecule has 0 aliphatic carbocycles. The summed E-state index contributed by atoms with van der Waals surface area (Å²) in [5, 5.41) is 5.69. The molecular weight excluding hydrogens is 412 g/mol. The lowest BCUT2D eigenvalue weighted by molar-refractivity contribution is 0.0952. The van der Waals surface area contributed by atoms with Gasteiger partial charge in [0.2, 0.25) is 0 Å². The molecule has 33 heavy (non-hydrogen) atoms. The van der Waals surface area contributed by atoms with Crippen molar-refractivity contribution in [1.29, 1.82) is 0 Å². The Morgan fingerprint density at radius 2 is 1.79 bits per heavy atom. The average Bonchev–Trinajstić information content (AvgIpc) is 2.83. The molecule has 6 nitrogen and oxygen atoms in total. The van der Waals surface area contributed by atoms with E-state index >= 15 is 0 Å². The molecule has 5 rings (SSSR count). The molecule has 0 atom stereocenters. The number of aromatic nitrogens is 2. The maximum atomic E-state index is 13.4. The van der Waals surface area contributed by atoms with Crippen molar-refractivity contribution in [2.24, 2.45) is 0 Å². The van der Waals surface area contributed by atoms with Crippen molar-refractivity contribution < 1.29 is 4.79 Å². The van der Waals surface area contributed by atoms with Crippen LogP contribution in [0, 0.1) is 0 Å². The first-order chi connectivity index (χ1) is 16.0. The Morgan fingerprint density at radius 1 is 0.970 bits per heavy atom. The van der Waals surface area contributed by atoms with E-state index in [-0.39, 0.29) is 11.5 Å². The first kappa shape index (κ1) is 20.8. The van der Waals surface area contributed by atoms with Gasteiger partial charge in [-0.15, -0.1) is 0 Å². The average molecular weight is 437 g/mol. The summed E-state index contributed by atoms with van der Waals surface area (Å²) < 4.78 is 1.45. The van der Waals surface area contributed by atoms with Crippen LogP contribution in [0.25, 0.3) is 38.4 Å². The van der Waals surface area contributed by atoms with Gasteiger partial charge in [-0.05, 0) is 60.3 Å². The van der Waals surface area contributed by atoms with Gasteiger partial charge in [-0.25, -0.2) is 4.98 Å². The van der Waals surface area contributed by atoms with Crippen LogP contribution in [-0.2, 0) is 0 Å². The number of hydrogen-bond acceptors (Lipinski definition) is 4. The molecule has 1 amide bonds. The lowest BCUT2D eigenvalue weighted by Crippen LogP contribution is -2.32. The molecule has 1 N–H and O–H groups in total. The zero-order valence-corrected chi connectivity index (χ0v) is 18.6. The fourth-order valence-corrected chi connectivity index (χ4v) is 4.14. The van der Waals surface area contributed by atoms with Crippen LogP contribution < -0.4 is 10.9 Å². The van der Waals surface area contributed by atoms with E-state index in [2.05, 4.69) is 29.6 Å². The Balaban J connectivity index is 1.63. The van der Waals surface area contributed by atoms with Gasteiger partial charge in [-0.1, -0.05) is 48.5 Å². The Kier molecular flexibility index (Phi) is 5.36. The molecule has 0 saturated heterocycles. The van der Waals surface area contributed by atoms with Crippen molar-refractivity contribution in [3.05, 3.63) is 94.9 Å². The molecule has 0 bridgehead atoms. The Bertz CT molecular complexity index is 1560. The van der Waals surface area contributed by atoms with Crippen LogP contribution in [0.1, 0.15) is 10.4 Å². The summed E-state index contributed by atoms with van der Waals surface area (Å²) >= 11 is 0. The molecular formula is C27H24N4O2. The van der Waals surface area contributed by atoms with Crippen LogP contribution in [0.15, 0.2) is 83.8 Å². The van der Waals surface area contributed by atoms with E-state index in [0.717, 1.165) is 28.4 Å². The van der Waals surface area contributed by atoms with Crippen molar-refractivity contribution in [3.63, 3.8) is 0 Å². The van der Waals surface area contributed by atoms with Gasteiger partial charge in [0.15, 0.2) is 5.65 Å². The molecule has 3 aromatic carbocycles. The number of carbonyl (C=O) groups is 1. The van der Waals surface area contributed by atoms with Crippen molar-refractivity contribution in [2.45, 2.75) is 0 Å². The molecule has 6 heteroatoms. The van der Waals surface area contributed by atoms with Gasteiger partial charge in [0, 0.05) is 19.3 Å². The Morgan fingerprint density at radius 3 is 2.64 bits per heavy atom. The number of rotatable bonds is 5. The highest BCUT2D eigenvalue weighted by atomic mass is 16.2. The summed E-state index contributed by atoms with van der Waals surface area (Å²) in [4.78, 5) is 32.8. The Hall–Kier alpha value is -4.03. The van der Waals surface area contributed by atoms with E-state index < -0.39 is 0 Å². The minimum atomic E-state index is -0.242. The summed E-state index contributed by atoms with van der Waals surface area (Å²) in [7, 11) is 3.90. The third kappa shape index (κ3) is 3.85. The summed E-state index contributed by atoms with van der Waals surface area (Å²) in [6.07, 6.45) is 1.66. The standard InChI is InChI=1S/C27H24N4O2/c1-30(2)16-14-28-26(32)22-11-6-15-31-25(22)29-24-13-12-19(17-23(24)27(31)33)21-10-5-8-18-7-3-4-9-20(18)21/h3-13,15,17H,14,16H2,1-2H3,(H,28,32). The number of fused-ring (bicyclic) bond motifs is 3. The number of hydrogen-bond donors (Lipinski definition) is 1. The predicted octanol–water partition coefficient (Wildman–Crippen LogP) is 3.96. The number of benzene rings is 3. The summed E-state index contributed by atoms with van der Waals surface area (Å²) in [5.41, 5.74) is 3.13. The number of likely N-dealkylation sites (N-methyl/N-ethyl adjacent to an activating group) is 1. The molecule has 164 valence electrons. The minimum absolute atomic E-state index is 0.194. The highest BCUT2D eigenvalue weighted by Crippen LogP contribution is 2.30. The van der Waals surface area contributed by atoms with E-state index in [1.165, 1.54) is 4.40 Å². The van der Waals surface area contributed by atoms with Crippen molar-refractivity contribution >= 4 is 33.2 Å². The van der Waals surface area contributed by atoms with Gasteiger partial charge in [0.25, 0.3) is 11.5 Å². The zero-order chi connectivity index (χ0) is 22.9. The Labute approximate surface area is 191 Å². The lowest BCUT2D eigenvalue weighted by Gasteiger charge is -2.12. The first-order valence-electron chi connectivity index (χ1n) is 10.9. The van der Waals surface area contributed by atoms with Crippen LogP contribution in [0.4, 0.5) is 0 Å². The normalized spacial score (nSPS) is 11.5. The van der Waals surface area contributed by atoms with Crippen LogP contribution >= 0.6 is 0 Å². The highest BCUT2D eigenvalue weighted by Gasteiger charge is 2.15. The number of nitrogens with zero attached hydrogens (tertiary/aromatic N) is 3. The summed E-state index contributed by atoms with van der Waals surface area (Å²) in [5.74, 6) is -0.242. The number of nitrogens with one attached hydrogen (secondary N) is 1. The molecule has 0 fully saturated rings. The van der Waals surface area contributed by atoms with Crippen LogP contribution in [0.5, 0.6) is 0 Å². The number of amides is 1. The molecule has 2 aromatic heterocycles. The summed E-state index contributed by atoms with van der Waals surface area (Å²) in [6, 6.07) is 23.5. The topological polar surface area (TPSA) is 66.7 Å². The van der Waals surface area contributed by atoms with E-state index in [4.69, 9.17) is 4.98 Å². The van der Waals surface area contributed by atoms with Gasteiger partial charge in [-0.3, -0.25) is 14.0 Å². The molecule has 0 radical (unpaired) electrons. The molecule has 0 unspecified atom stereocenters. The second kappa shape index (κ2) is 8.48. The maximum Gasteiger partial charge on any atom is 0.265 e. The zero-order valence-electron chi connectivity index (χ0n) is 18.6. The fourth-order valence-electron chi connectivity index (χ4n) is 4.14. The van der Waals surface area contributed by atoms with E-state index in [1.807, 2.05) is 55.4 Å². The molecule has 2 heterocycles. The van der Waals surface area contributed by atoms with Gasteiger partial charge in [0.1, 0.15) is 0 Å². The van der Waals surface area contributed by atoms with Crippen LogP contribution in [-0.4, -0.2) is 47.4 Å². The SMILES string of the molecule is CN(C)CCNC(=O)c1cccn2c(=O)c3cc(-c4cccc5ccccc45)ccc3nc12. The highest BCUT2D eigenvalue weighted by molar-refractivity contribution is 6.01. The lowest BCUT2D eigenvalue weighted by atomic mass is 9.97. The van der Waals surface area contributed by atoms with E-state index in [9.17, 15) is 9.59 Å². The molecule has 0 spiro atoms. The monoisotopic (exact) mass is 436 g/mol. The molecule has 0 aliphatic rings. The van der Waals surface area contributed by atoms with E-state index in [1.54, 1.807) is 18.3 Å². The van der Waals surface area contributed by atoms with Crippen LogP contribution in [0.2, 0.25) is 0 Å². The van der Waals surface area contributed by atoms with Crippen molar-refractivity contribution in [2.75, 3.05) is 27.2 Å². The predicted molar refractivity (Wildman–Crippen MR) is 133 cm³/mol. The first-order valence-corrected chi connectivity index (χ1v) is 10.9. The van der Waals surface area contributed by atoms with Crippen molar-refractivity contribution in [3.8, 4) is 11.1 Å². The second-order valence-corrected chi connectivity index (χ2v) is 8.35. The summed E-state index contributed by atoms with van der Waals surface area (Å²) in [6.45, 7) is 1.24. The van der Waals surface area contributed by atoms with Crippen molar-refractivity contribution in [1.82, 2.24) is 19.6 Å². The van der Waals surface area contributed by atoms with Gasteiger partial charge in [-0.2, -0.15) is 0 Å². The fraction of sp³-hybridized carbons (Fsp3) is 0.148. The third-order valence-corrected chi connectivity index (χ3v) is 5.83. The quantitative estimate of drug-likeness (QED) is 0.424.